The molecule has 0 amide bonds. The van der Waals surface area contributed by atoms with Crippen molar-refractivity contribution < 1.29 is 9.47 Å². The summed E-state index contributed by atoms with van der Waals surface area (Å²) in [5, 5.41) is 3.65. The molecule has 1 saturated heterocycles. The molecule has 1 aromatic rings. The van der Waals surface area contributed by atoms with Crippen molar-refractivity contribution in [2.45, 2.75) is 38.5 Å². The number of methoxy groups -OCH3 is 2. The van der Waals surface area contributed by atoms with Crippen LogP contribution in [0.4, 0.5) is 0 Å². The second kappa shape index (κ2) is 7.75. The second-order valence-corrected chi connectivity index (χ2v) is 7.90. The fourth-order valence-electron chi connectivity index (χ4n) is 4.03. The average Bonchev–Trinajstić information content (AvgIpc) is 2.55. The van der Waals surface area contributed by atoms with Crippen molar-refractivity contribution in [2.75, 3.05) is 47.9 Å². The van der Waals surface area contributed by atoms with E-state index in [-0.39, 0.29) is 10.8 Å². The Bertz CT molecular complexity index is 520. The molecule has 0 saturated carbocycles. The highest BCUT2D eigenvalue weighted by atomic mass is 16.5. The van der Waals surface area contributed by atoms with Gasteiger partial charge < -0.3 is 19.7 Å². The first-order chi connectivity index (χ1) is 11.3. The van der Waals surface area contributed by atoms with E-state index in [1.54, 1.807) is 14.2 Å². The van der Waals surface area contributed by atoms with Crippen LogP contribution in [-0.2, 0) is 5.41 Å². The Hall–Kier alpha value is -1.26. The molecule has 4 nitrogen and oxygen atoms in total. The second-order valence-electron chi connectivity index (χ2n) is 7.90. The Balaban J connectivity index is 2.45. The Kier molecular flexibility index (Phi) is 6.16. The fourth-order valence-corrected chi connectivity index (χ4v) is 4.03. The number of piperidine rings is 1. The first kappa shape index (κ1) is 19.1. The Morgan fingerprint density at radius 1 is 1.08 bits per heavy atom. The van der Waals surface area contributed by atoms with Gasteiger partial charge >= 0.3 is 0 Å². The molecule has 24 heavy (non-hydrogen) atoms. The third-order valence-corrected chi connectivity index (χ3v) is 5.76. The van der Waals surface area contributed by atoms with Crippen LogP contribution in [-0.4, -0.2) is 52.8 Å². The standard InChI is InChI=1S/C20H34N2O2/c1-19(2)9-10-21-15-20(19,8-7-11-22(3)4)16-12-17(23-5)14-18(13-16)24-6/h12-14,21H,7-11,15H2,1-6H3. The van der Waals surface area contributed by atoms with Crippen LogP contribution in [0, 0.1) is 5.41 Å². The fraction of sp³-hybridized carbons (Fsp3) is 0.700. The summed E-state index contributed by atoms with van der Waals surface area (Å²) >= 11 is 0. The van der Waals surface area contributed by atoms with E-state index in [0.29, 0.717) is 0 Å². The summed E-state index contributed by atoms with van der Waals surface area (Å²) in [7, 11) is 7.74. The molecule has 0 radical (unpaired) electrons. The lowest BCUT2D eigenvalue weighted by atomic mass is 9.56. The molecule has 1 unspecified atom stereocenters. The van der Waals surface area contributed by atoms with Crippen molar-refractivity contribution in [3.63, 3.8) is 0 Å². The zero-order valence-corrected chi connectivity index (χ0v) is 16.2. The van der Waals surface area contributed by atoms with Gasteiger partial charge in [-0.25, -0.2) is 0 Å². The minimum Gasteiger partial charge on any atom is -0.497 e. The largest absolute Gasteiger partial charge is 0.497 e. The molecule has 0 aliphatic carbocycles. The molecule has 4 heteroatoms. The minimum absolute atomic E-state index is 0.0864. The van der Waals surface area contributed by atoms with Gasteiger partial charge in [-0.2, -0.15) is 0 Å². The smallest absolute Gasteiger partial charge is 0.122 e. The van der Waals surface area contributed by atoms with Gasteiger partial charge in [0.1, 0.15) is 11.5 Å². The van der Waals surface area contributed by atoms with E-state index in [9.17, 15) is 0 Å². The monoisotopic (exact) mass is 334 g/mol. The zero-order chi connectivity index (χ0) is 17.8. The van der Waals surface area contributed by atoms with Gasteiger partial charge in [0.2, 0.25) is 0 Å². The van der Waals surface area contributed by atoms with Gasteiger partial charge in [-0.15, -0.1) is 0 Å². The summed E-state index contributed by atoms with van der Waals surface area (Å²) in [6.07, 6.45) is 3.51. The highest BCUT2D eigenvalue weighted by Crippen LogP contribution is 2.50. The van der Waals surface area contributed by atoms with Gasteiger partial charge in [-0.05, 0) is 69.6 Å². The molecular weight excluding hydrogens is 300 g/mol. The average molecular weight is 335 g/mol. The first-order valence-corrected chi connectivity index (χ1v) is 8.94. The van der Waals surface area contributed by atoms with Crippen LogP contribution in [0.3, 0.4) is 0 Å². The van der Waals surface area contributed by atoms with E-state index in [1.165, 1.54) is 18.4 Å². The summed E-state index contributed by atoms with van der Waals surface area (Å²) in [5.41, 5.74) is 1.64. The highest BCUT2D eigenvalue weighted by molar-refractivity contribution is 5.43. The van der Waals surface area contributed by atoms with E-state index in [2.05, 4.69) is 50.3 Å². The normalized spacial score (nSPS) is 23.3. The van der Waals surface area contributed by atoms with Gasteiger partial charge in [0.25, 0.3) is 0 Å². The van der Waals surface area contributed by atoms with Gasteiger partial charge in [0.05, 0.1) is 14.2 Å². The van der Waals surface area contributed by atoms with E-state index in [0.717, 1.165) is 37.6 Å². The molecule has 2 rings (SSSR count). The molecule has 1 atom stereocenters. The summed E-state index contributed by atoms with van der Waals surface area (Å²) in [6, 6.07) is 6.36. The Morgan fingerprint density at radius 2 is 1.71 bits per heavy atom. The molecule has 1 N–H and O–H groups in total. The number of ether oxygens (including phenoxy) is 2. The number of hydrogen-bond acceptors (Lipinski definition) is 4. The van der Waals surface area contributed by atoms with Crippen LogP contribution < -0.4 is 14.8 Å². The van der Waals surface area contributed by atoms with Gasteiger partial charge in [-0.1, -0.05) is 13.8 Å². The maximum absolute atomic E-state index is 5.54. The topological polar surface area (TPSA) is 33.7 Å². The SMILES string of the molecule is COc1cc(OC)cc(C2(CCCN(C)C)CNCCC2(C)C)c1. The van der Waals surface area contributed by atoms with Crippen LogP contribution in [0.5, 0.6) is 11.5 Å². The third-order valence-electron chi connectivity index (χ3n) is 5.76. The van der Waals surface area contributed by atoms with Crippen LogP contribution in [0.1, 0.15) is 38.7 Å². The van der Waals surface area contributed by atoms with Gasteiger partial charge in [-0.3, -0.25) is 0 Å². The van der Waals surface area contributed by atoms with Gasteiger partial charge in [0.15, 0.2) is 0 Å². The molecule has 1 aliphatic heterocycles. The Labute approximate surface area is 147 Å². The third kappa shape index (κ3) is 3.86. The van der Waals surface area contributed by atoms with E-state index in [4.69, 9.17) is 9.47 Å². The van der Waals surface area contributed by atoms with Crippen molar-refractivity contribution in [3.05, 3.63) is 23.8 Å². The maximum Gasteiger partial charge on any atom is 0.122 e. The lowest BCUT2D eigenvalue weighted by molar-refractivity contribution is 0.0933. The molecular formula is C20H34N2O2. The summed E-state index contributed by atoms with van der Waals surface area (Å²) in [5.74, 6) is 1.75. The maximum atomic E-state index is 5.54. The van der Waals surface area contributed by atoms with E-state index >= 15 is 0 Å². The summed E-state index contributed by atoms with van der Waals surface area (Å²) in [4.78, 5) is 2.27. The molecule has 0 spiro atoms. The van der Waals surface area contributed by atoms with Crippen LogP contribution >= 0.6 is 0 Å². The quantitative estimate of drug-likeness (QED) is 0.829. The predicted molar refractivity (Wildman–Crippen MR) is 100 cm³/mol. The number of rotatable bonds is 7. The first-order valence-electron chi connectivity index (χ1n) is 8.94. The van der Waals surface area contributed by atoms with E-state index in [1.807, 2.05) is 6.07 Å². The Morgan fingerprint density at radius 3 is 2.21 bits per heavy atom. The molecule has 136 valence electrons. The van der Waals surface area contributed by atoms with Gasteiger partial charge in [0, 0.05) is 18.0 Å². The van der Waals surface area contributed by atoms with Crippen molar-refractivity contribution >= 4 is 0 Å². The number of benzene rings is 1. The molecule has 0 aromatic heterocycles. The molecule has 1 aromatic carbocycles. The van der Waals surface area contributed by atoms with Crippen LogP contribution in [0.2, 0.25) is 0 Å². The van der Waals surface area contributed by atoms with E-state index < -0.39 is 0 Å². The van der Waals surface area contributed by atoms with Crippen molar-refractivity contribution in [3.8, 4) is 11.5 Å². The summed E-state index contributed by atoms with van der Waals surface area (Å²) < 4.78 is 11.1. The number of hydrogen-bond donors (Lipinski definition) is 1. The zero-order valence-electron chi connectivity index (χ0n) is 16.2. The lowest BCUT2D eigenvalue weighted by Crippen LogP contribution is -2.55. The lowest BCUT2D eigenvalue weighted by Gasteiger charge is -2.51. The number of nitrogens with zero attached hydrogens (tertiary/aromatic N) is 1. The molecule has 1 aliphatic rings. The van der Waals surface area contributed by atoms with Crippen molar-refractivity contribution in [1.29, 1.82) is 0 Å². The van der Waals surface area contributed by atoms with Crippen molar-refractivity contribution in [1.82, 2.24) is 10.2 Å². The van der Waals surface area contributed by atoms with Crippen molar-refractivity contribution in [2.24, 2.45) is 5.41 Å². The highest BCUT2D eigenvalue weighted by Gasteiger charge is 2.47. The van der Waals surface area contributed by atoms with Crippen LogP contribution in [0.15, 0.2) is 18.2 Å². The molecule has 0 bridgehead atoms. The predicted octanol–water partition coefficient (Wildman–Crippen LogP) is 3.30. The number of nitrogens with one attached hydrogen (secondary N) is 1. The minimum atomic E-state index is 0.0864. The summed E-state index contributed by atoms with van der Waals surface area (Å²) in [6.45, 7) is 8.02. The molecule has 1 fully saturated rings. The van der Waals surface area contributed by atoms with Crippen LogP contribution in [0.25, 0.3) is 0 Å². The molecule has 1 heterocycles.